The van der Waals surface area contributed by atoms with E-state index in [0.717, 1.165) is 0 Å². The lowest BCUT2D eigenvalue weighted by molar-refractivity contribution is -0.144. The zero-order valence-corrected chi connectivity index (χ0v) is 10.3. The monoisotopic (exact) mass is 268 g/mol. The number of H-pyrrole nitrogens is 1. The fraction of sp³-hybridized carbons (Fsp3) is 0.545. The Morgan fingerprint density at radius 2 is 2.47 bits per heavy atom. The number of hydrogen-bond acceptors (Lipinski definition) is 5. The molecular weight excluding hydrogens is 252 g/mol. The van der Waals surface area contributed by atoms with Gasteiger partial charge in [0, 0.05) is 31.4 Å². The molecule has 2 heterocycles. The molecule has 1 fully saturated rings. The van der Waals surface area contributed by atoms with Crippen molar-refractivity contribution in [3.63, 3.8) is 0 Å². The molecule has 19 heavy (non-hydrogen) atoms. The van der Waals surface area contributed by atoms with Crippen molar-refractivity contribution in [2.75, 3.05) is 19.7 Å². The van der Waals surface area contributed by atoms with Gasteiger partial charge in [0.1, 0.15) is 12.1 Å². The van der Waals surface area contributed by atoms with Crippen LogP contribution in [-0.4, -0.2) is 58.8 Å². The molecule has 0 radical (unpaired) electrons. The van der Waals surface area contributed by atoms with Gasteiger partial charge in [-0.3, -0.25) is 4.79 Å². The first-order chi connectivity index (χ1) is 9.16. The van der Waals surface area contributed by atoms with Crippen LogP contribution in [0.1, 0.15) is 5.69 Å². The van der Waals surface area contributed by atoms with E-state index < -0.39 is 24.0 Å². The van der Waals surface area contributed by atoms with Gasteiger partial charge in [0.15, 0.2) is 0 Å². The van der Waals surface area contributed by atoms with E-state index in [2.05, 4.69) is 20.6 Å². The lowest BCUT2D eigenvalue weighted by Crippen LogP contribution is -2.52. The number of ether oxygens (including phenoxy) is 1. The van der Waals surface area contributed by atoms with Gasteiger partial charge in [0.05, 0.1) is 12.9 Å². The first-order valence-corrected chi connectivity index (χ1v) is 5.99. The maximum atomic E-state index is 11.9. The summed E-state index contributed by atoms with van der Waals surface area (Å²) in [6.07, 6.45) is 2.50. The highest BCUT2D eigenvalue weighted by Crippen LogP contribution is 2.02. The SMILES string of the molecule is O=C(N[C@H](Cc1cnc[nH]1)C(=O)O)C1CNCCO1. The molecule has 1 saturated heterocycles. The smallest absolute Gasteiger partial charge is 0.326 e. The Kier molecular flexibility index (Phi) is 4.48. The molecule has 1 unspecified atom stereocenters. The number of hydrogen-bond donors (Lipinski definition) is 4. The van der Waals surface area contributed by atoms with Crippen molar-refractivity contribution in [3.8, 4) is 0 Å². The third-order valence-electron chi connectivity index (χ3n) is 2.81. The lowest BCUT2D eigenvalue weighted by atomic mass is 10.1. The van der Waals surface area contributed by atoms with Gasteiger partial charge in [-0.1, -0.05) is 0 Å². The third-order valence-corrected chi connectivity index (χ3v) is 2.81. The molecule has 1 aromatic rings. The highest BCUT2D eigenvalue weighted by atomic mass is 16.5. The van der Waals surface area contributed by atoms with Crippen molar-refractivity contribution in [3.05, 3.63) is 18.2 Å². The summed E-state index contributed by atoms with van der Waals surface area (Å²) in [7, 11) is 0. The van der Waals surface area contributed by atoms with E-state index >= 15 is 0 Å². The summed E-state index contributed by atoms with van der Waals surface area (Å²) in [5, 5.41) is 14.6. The maximum Gasteiger partial charge on any atom is 0.326 e. The van der Waals surface area contributed by atoms with Crippen molar-refractivity contribution < 1.29 is 19.4 Å². The number of rotatable bonds is 5. The molecule has 0 spiro atoms. The number of carbonyl (C=O) groups is 2. The number of aliphatic carboxylic acids is 1. The zero-order chi connectivity index (χ0) is 13.7. The van der Waals surface area contributed by atoms with Gasteiger partial charge in [-0.25, -0.2) is 9.78 Å². The number of carboxylic acids is 1. The number of morpholine rings is 1. The molecule has 8 heteroatoms. The average Bonchev–Trinajstić information content (AvgIpc) is 2.91. The van der Waals surface area contributed by atoms with E-state index in [0.29, 0.717) is 25.4 Å². The van der Waals surface area contributed by atoms with E-state index in [1.54, 1.807) is 0 Å². The predicted octanol–water partition coefficient (Wildman–Crippen LogP) is -1.49. The molecule has 2 rings (SSSR count). The molecule has 0 saturated carbocycles. The molecule has 1 aliphatic heterocycles. The van der Waals surface area contributed by atoms with E-state index in [-0.39, 0.29) is 6.42 Å². The fourth-order valence-electron chi connectivity index (χ4n) is 1.81. The van der Waals surface area contributed by atoms with Crippen LogP contribution in [0.25, 0.3) is 0 Å². The number of nitrogens with one attached hydrogen (secondary N) is 3. The van der Waals surface area contributed by atoms with Crippen LogP contribution in [0.5, 0.6) is 0 Å². The highest BCUT2D eigenvalue weighted by molar-refractivity contribution is 5.86. The molecule has 2 atom stereocenters. The molecule has 1 amide bonds. The number of nitrogens with zero attached hydrogens (tertiary/aromatic N) is 1. The predicted molar refractivity (Wildman–Crippen MR) is 64.5 cm³/mol. The van der Waals surface area contributed by atoms with E-state index in [9.17, 15) is 9.59 Å². The Bertz CT molecular complexity index is 428. The van der Waals surface area contributed by atoms with Crippen LogP contribution in [0.4, 0.5) is 0 Å². The van der Waals surface area contributed by atoms with Crippen LogP contribution >= 0.6 is 0 Å². The van der Waals surface area contributed by atoms with E-state index in [1.165, 1.54) is 12.5 Å². The number of aromatic nitrogens is 2. The summed E-state index contributed by atoms with van der Waals surface area (Å²) in [5.41, 5.74) is 0.649. The Labute approximate surface area is 109 Å². The first kappa shape index (κ1) is 13.5. The molecule has 0 aliphatic carbocycles. The largest absolute Gasteiger partial charge is 0.480 e. The standard InChI is InChI=1S/C11H16N4O4/c16-10(9-5-12-1-2-19-9)15-8(11(17)18)3-7-4-13-6-14-7/h4,6,8-9,12H,1-3,5H2,(H,13,14)(H,15,16)(H,17,18)/t8-,9?/m1/s1. The molecule has 0 bridgehead atoms. The fourth-order valence-corrected chi connectivity index (χ4v) is 1.81. The van der Waals surface area contributed by atoms with Crippen molar-refractivity contribution in [1.82, 2.24) is 20.6 Å². The number of amides is 1. The molecule has 8 nitrogen and oxygen atoms in total. The number of imidazole rings is 1. The van der Waals surface area contributed by atoms with Crippen LogP contribution < -0.4 is 10.6 Å². The minimum atomic E-state index is -1.09. The van der Waals surface area contributed by atoms with Crippen LogP contribution in [0.15, 0.2) is 12.5 Å². The quantitative estimate of drug-likeness (QED) is 0.517. The Balaban J connectivity index is 1.92. The zero-order valence-electron chi connectivity index (χ0n) is 10.3. The van der Waals surface area contributed by atoms with Crippen LogP contribution in [0, 0.1) is 0 Å². The summed E-state index contributed by atoms with van der Waals surface area (Å²) in [5.74, 6) is -1.51. The van der Waals surface area contributed by atoms with Gasteiger partial charge < -0.3 is 25.5 Å². The third kappa shape index (κ3) is 3.76. The Morgan fingerprint density at radius 3 is 3.05 bits per heavy atom. The minimum Gasteiger partial charge on any atom is -0.480 e. The van der Waals surface area contributed by atoms with Gasteiger partial charge in [-0.05, 0) is 0 Å². The summed E-state index contributed by atoms with van der Waals surface area (Å²) < 4.78 is 5.27. The highest BCUT2D eigenvalue weighted by Gasteiger charge is 2.27. The second-order valence-corrected chi connectivity index (χ2v) is 4.24. The molecule has 1 aliphatic rings. The Hall–Kier alpha value is -1.93. The van der Waals surface area contributed by atoms with Crippen molar-refractivity contribution in [2.24, 2.45) is 0 Å². The second-order valence-electron chi connectivity index (χ2n) is 4.24. The van der Waals surface area contributed by atoms with Crippen molar-refractivity contribution in [1.29, 1.82) is 0 Å². The number of aromatic amines is 1. The molecule has 0 aromatic carbocycles. The topological polar surface area (TPSA) is 116 Å². The molecule has 104 valence electrons. The maximum absolute atomic E-state index is 11.9. The Morgan fingerprint density at radius 1 is 1.63 bits per heavy atom. The lowest BCUT2D eigenvalue weighted by Gasteiger charge is -2.24. The summed E-state index contributed by atoms with van der Waals surface area (Å²) in [6.45, 7) is 1.53. The van der Waals surface area contributed by atoms with Gasteiger partial charge in [-0.2, -0.15) is 0 Å². The summed E-state index contributed by atoms with van der Waals surface area (Å²) in [6, 6.07) is -1.00. The normalized spacial score (nSPS) is 20.7. The number of carbonyl (C=O) groups excluding carboxylic acids is 1. The summed E-state index contributed by atoms with van der Waals surface area (Å²) >= 11 is 0. The van der Waals surface area contributed by atoms with Gasteiger partial charge in [0.25, 0.3) is 5.91 Å². The first-order valence-electron chi connectivity index (χ1n) is 5.99. The summed E-state index contributed by atoms with van der Waals surface area (Å²) in [4.78, 5) is 29.6. The van der Waals surface area contributed by atoms with Crippen molar-refractivity contribution in [2.45, 2.75) is 18.6 Å². The van der Waals surface area contributed by atoms with Gasteiger partial charge in [0.2, 0.25) is 0 Å². The second kappa shape index (κ2) is 6.30. The van der Waals surface area contributed by atoms with Crippen molar-refractivity contribution >= 4 is 11.9 Å². The minimum absolute atomic E-state index is 0.154. The molecule has 1 aromatic heterocycles. The molecule has 4 N–H and O–H groups in total. The van der Waals surface area contributed by atoms with E-state index in [1.807, 2.05) is 0 Å². The van der Waals surface area contributed by atoms with E-state index in [4.69, 9.17) is 9.84 Å². The van der Waals surface area contributed by atoms with Crippen LogP contribution in [0.3, 0.4) is 0 Å². The van der Waals surface area contributed by atoms with Gasteiger partial charge in [-0.15, -0.1) is 0 Å². The van der Waals surface area contributed by atoms with Gasteiger partial charge >= 0.3 is 5.97 Å². The van der Waals surface area contributed by atoms with Crippen LogP contribution in [0.2, 0.25) is 0 Å². The van der Waals surface area contributed by atoms with Crippen LogP contribution in [-0.2, 0) is 20.7 Å². The average molecular weight is 268 g/mol. The number of carboxylic acid groups (broad SMARTS) is 1. The molecular formula is C11H16N4O4.